The molecule has 0 aromatic heterocycles. The summed E-state index contributed by atoms with van der Waals surface area (Å²) in [6.45, 7) is 4.86. The van der Waals surface area contributed by atoms with Crippen LogP contribution in [0.4, 0.5) is 0 Å². The van der Waals surface area contributed by atoms with E-state index in [1.807, 2.05) is 0 Å². The van der Waals surface area contributed by atoms with Gasteiger partial charge < -0.3 is 5.32 Å². The first-order chi connectivity index (χ1) is 7.67. The molecule has 0 aromatic carbocycles. The number of hydrogen-bond acceptors (Lipinski definition) is 1. The second kappa shape index (κ2) is 4.01. The Kier molecular flexibility index (Phi) is 2.78. The Hall–Kier alpha value is -0.0400. The van der Waals surface area contributed by atoms with E-state index in [2.05, 4.69) is 19.2 Å². The Morgan fingerprint density at radius 3 is 2.44 bits per heavy atom. The molecule has 0 spiro atoms. The molecule has 3 aliphatic carbocycles. The van der Waals surface area contributed by atoms with Crippen LogP contribution in [0, 0.1) is 17.3 Å². The molecule has 3 atom stereocenters. The Morgan fingerprint density at radius 1 is 1.06 bits per heavy atom. The highest BCUT2D eigenvalue weighted by Gasteiger charge is 2.43. The molecule has 0 aliphatic heterocycles. The lowest BCUT2D eigenvalue weighted by Gasteiger charge is -2.34. The SMILES string of the molecule is CC(NC1CCCC(C2CC2)C1)C1(C)CC1. The van der Waals surface area contributed by atoms with Gasteiger partial charge in [-0.05, 0) is 62.7 Å². The molecule has 1 heteroatoms. The summed E-state index contributed by atoms with van der Waals surface area (Å²) in [4.78, 5) is 0. The van der Waals surface area contributed by atoms with Crippen molar-refractivity contribution in [3.05, 3.63) is 0 Å². The van der Waals surface area contributed by atoms with Crippen LogP contribution in [0.25, 0.3) is 0 Å². The summed E-state index contributed by atoms with van der Waals surface area (Å²) in [6.07, 6.45) is 11.9. The van der Waals surface area contributed by atoms with Gasteiger partial charge in [-0.15, -0.1) is 0 Å². The predicted molar refractivity (Wildman–Crippen MR) is 68.4 cm³/mol. The highest BCUT2D eigenvalue weighted by atomic mass is 15.0. The maximum atomic E-state index is 3.93. The van der Waals surface area contributed by atoms with Crippen LogP contribution >= 0.6 is 0 Å². The lowest BCUT2D eigenvalue weighted by molar-refractivity contribution is 0.228. The quantitative estimate of drug-likeness (QED) is 0.762. The molecule has 3 aliphatic rings. The van der Waals surface area contributed by atoms with E-state index in [1.165, 1.54) is 51.4 Å². The molecule has 3 rings (SSSR count). The highest BCUT2D eigenvalue weighted by Crippen LogP contribution is 2.49. The lowest BCUT2D eigenvalue weighted by Crippen LogP contribution is -2.43. The third-order valence-electron chi connectivity index (χ3n) is 5.57. The first kappa shape index (κ1) is 11.1. The van der Waals surface area contributed by atoms with Crippen LogP contribution in [0.15, 0.2) is 0 Å². The number of rotatable bonds is 4. The Balaban J connectivity index is 1.50. The fraction of sp³-hybridized carbons (Fsp3) is 1.00. The maximum absolute atomic E-state index is 3.93. The van der Waals surface area contributed by atoms with Crippen LogP contribution in [0.3, 0.4) is 0 Å². The van der Waals surface area contributed by atoms with E-state index in [0.29, 0.717) is 5.41 Å². The van der Waals surface area contributed by atoms with Crippen LogP contribution in [-0.4, -0.2) is 12.1 Å². The average molecular weight is 221 g/mol. The third-order valence-corrected chi connectivity index (χ3v) is 5.57. The maximum Gasteiger partial charge on any atom is 0.00951 e. The standard InChI is InChI=1S/C15H27N/c1-11(15(2)8-9-15)16-14-5-3-4-13(10-14)12-6-7-12/h11-14,16H,3-10H2,1-2H3. The molecule has 0 heterocycles. The Bertz CT molecular complexity index is 252. The van der Waals surface area contributed by atoms with Crippen LogP contribution in [0.5, 0.6) is 0 Å². The van der Waals surface area contributed by atoms with E-state index in [1.54, 1.807) is 0 Å². The number of nitrogens with one attached hydrogen (secondary N) is 1. The molecule has 92 valence electrons. The molecule has 0 bridgehead atoms. The van der Waals surface area contributed by atoms with Gasteiger partial charge in [0.1, 0.15) is 0 Å². The lowest BCUT2D eigenvalue weighted by atomic mass is 9.82. The first-order valence-corrected chi connectivity index (χ1v) is 7.43. The van der Waals surface area contributed by atoms with Crippen molar-refractivity contribution in [2.24, 2.45) is 17.3 Å². The number of hydrogen-bond donors (Lipinski definition) is 1. The molecule has 0 aromatic rings. The van der Waals surface area contributed by atoms with Crippen LogP contribution < -0.4 is 5.32 Å². The molecule has 3 saturated carbocycles. The van der Waals surface area contributed by atoms with Gasteiger partial charge in [0.25, 0.3) is 0 Å². The van der Waals surface area contributed by atoms with Crippen LogP contribution in [0.1, 0.15) is 65.2 Å². The van der Waals surface area contributed by atoms with Crippen molar-refractivity contribution >= 4 is 0 Å². The zero-order valence-electron chi connectivity index (χ0n) is 11.0. The molecule has 1 N–H and O–H groups in total. The van der Waals surface area contributed by atoms with Crippen molar-refractivity contribution in [3.8, 4) is 0 Å². The van der Waals surface area contributed by atoms with E-state index < -0.39 is 0 Å². The summed E-state index contributed by atoms with van der Waals surface area (Å²) in [6, 6.07) is 1.59. The van der Waals surface area contributed by atoms with Crippen molar-refractivity contribution in [1.82, 2.24) is 5.32 Å². The molecule has 1 nitrogen and oxygen atoms in total. The van der Waals surface area contributed by atoms with Crippen molar-refractivity contribution in [3.63, 3.8) is 0 Å². The summed E-state index contributed by atoms with van der Waals surface area (Å²) < 4.78 is 0. The summed E-state index contributed by atoms with van der Waals surface area (Å²) in [7, 11) is 0. The average Bonchev–Trinajstić information content (AvgIpc) is 3.12. The van der Waals surface area contributed by atoms with E-state index in [9.17, 15) is 0 Å². The van der Waals surface area contributed by atoms with E-state index in [4.69, 9.17) is 0 Å². The topological polar surface area (TPSA) is 12.0 Å². The normalized spacial score (nSPS) is 39.4. The van der Waals surface area contributed by atoms with Gasteiger partial charge >= 0.3 is 0 Å². The van der Waals surface area contributed by atoms with Gasteiger partial charge in [-0.3, -0.25) is 0 Å². The molecule has 3 fully saturated rings. The molecular formula is C15H27N. The van der Waals surface area contributed by atoms with Crippen molar-refractivity contribution in [2.75, 3.05) is 0 Å². The van der Waals surface area contributed by atoms with Gasteiger partial charge in [0, 0.05) is 12.1 Å². The van der Waals surface area contributed by atoms with Crippen molar-refractivity contribution in [1.29, 1.82) is 0 Å². The molecule has 0 saturated heterocycles. The van der Waals surface area contributed by atoms with Gasteiger partial charge in [0.2, 0.25) is 0 Å². The second-order valence-corrected chi connectivity index (χ2v) is 7.00. The van der Waals surface area contributed by atoms with Gasteiger partial charge in [-0.2, -0.15) is 0 Å². The summed E-state index contributed by atoms with van der Waals surface area (Å²) >= 11 is 0. The second-order valence-electron chi connectivity index (χ2n) is 7.00. The summed E-state index contributed by atoms with van der Waals surface area (Å²) in [5.41, 5.74) is 0.645. The first-order valence-electron chi connectivity index (χ1n) is 7.43. The fourth-order valence-electron chi connectivity index (χ4n) is 3.56. The minimum absolute atomic E-state index is 0.645. The zero-order valence-corrected chi connectivity index (χ0v) is 11.0. The van der Waals surface area contributed by atoms with Gasteiger partial charge in [-0.25, -0.2) is 0 Å². The predicted octanol–water partition coefficient (Wildman–Crippen LogP) is 3.73. The zero-order chi connectivity index (χ0) is 11.2. The molecule has 3 unspecified atom stereocenters. The largest absolute Gasteiger partial charge is 0.311 e. The monoisotopic (exact) mass is 221 g/mol. The van der Waals surface area contributed by atoms with Crippen molar-refractivity contribution in [2.45, 2.75) is 77.3 Å². The van der Waals surface area contributed by atoms with Gasteiger partial charge in [0.15, 0.2) is 0 Å². The van der Waals surface area contributed by atoms with E-state index in [-0.39, 0.29) is 0 Å². The fourth-order valence-corrected chi connectivity index (χ4v) is 3.56. The highest BCUT2D eigenvalue weighted by molar-refractivity contribution is 4.98. The molecule has 0 radical (unpaired) electrons. The molecule has 0 amide bonds. The minimum atomic E-state index is 0.645. The molecular weight excluding hydrogens is 194 g/mol. The van der Waals surface area contributed by atoms with E-state index in [0.717, 1.165) is 23.9 Å². The smallest absolute Gasteiger partial charge is 0.00951 e. The Labute approximate surface area is 100 Å². The summed E-state index contributed by atoms with van der Waals surface area (Å²) in [5.74, 6) is 2.20. The molecule has 16 heavy (non-hydrogen) atoms. The van der Waals surface area contributed by atoms with Crippen molar-refractivity contribution < 1.29 is 0 Å². The van der Waals surface area contributed by atoms with Gasteiger partial charge in [0.05, 0.1) is 0 Å². The summed E-state index contributed by atoms with van der Waals surface area (Å²) in [5, 5.41) is 3.93. The van der Waals surface area contributed by atoms with Crippen LogP contribution in [0.2, 0.25) is 0 Å². The van der Waals surface area contributed by atoms with Crippen LogP contribution in [-0.2, 0) is 0 Å². The minimum Gasteiger partial charge on any atom is -0.311 e. The third kappa shape index (κ3) is 2.30. The Morgan fingerprint density at radius 2 is 1.81 bits per heavy atom. The van der Waals surface area contributed by atoms with Gasteiger partial charge in [-0.1, -0.05) is 19.8 Å². The van der Waals surface area contributed by atoms with E-state index >= 15 is 0 Å².